The lowest BCUT2D eigenvalue weighted by atomic mass is 10.0. The third kappa shape index (κ3) is 3.15. The molecule has 0 aliphatic heterocycles. The van der Waals surface area contributed by atoms with Gasteiger partial charge in [0.2, 0.25) is 0 Å². The van der Waals surface area contributed by atoms with E-state index in [2.05, 4.69) is 15.9 Å². The lowest BCUT2D eigenvalue weighted by Gasteiger charge is -2.34. The second-order valence-corrected chi connectivity index (χ2v) is 5.91. The van der Waals surface area contributed by atoms with E-state index in [1.165, 1.54) is 0 Å². The number of rotatable bonds is 3. The molecule has 0 aromatic heterocycles. The molecule has 0 saturated carbocycles. The lowest BCUT2D eigenvalue weighted by Crippen LogP contribution is -2.46. The average molecular weight is 339 g/mol. The van der Waals surface area contributed by atoms with Crippen molar-refractivity contribution in [3.05, 3.63) is 33.3 Å². The Morgan fingerprint density at radius 3 is 2.59 bits per heavy atom. The molecular weight excluding hydrogens is 325 g/mol. The molecule has 2 nitrogen and oxygen atoms in total. The summed E-state index contributed by atoms with van der Waals surface area (Å²) in [6.45, 7) is 3.81. The molecule has 5 heteroatoms. The summed E-state index contributed by atoms with van der Waals surface area (Å²) < 4.78 is 0.710. The van der Waals surface area contributed by atoms with Crippen LogP contribution in [0.2, 0.25) is 5.02 Å². The van der Waals surface area contributed by atoms with E-state index in [1.807, 2.05) is 13.8 Å². The maximum atomic E-state index is 12.3. The van der Waals surface area contributed by atoms with Crippen molar-refractivity contribution in [3.8, 4) is 0 Å². The van der Waals surface area contributed by atoms with Crippen LogP contribution in [0.4, 0.5) is 0 Å². The van der Waals surface area contributed by atoms with Crippen LogP contribution in [0.1, 0.15) is 24.2 Å². The second kappa shape index (κ2) is 5.59. The van der Waals surface area contributed by atoms with Crippen molar-refractivity contribution < 1.29 is 4.79 Å². The monoisotopic (exact) mass is 337 g/mol. The van der Waals surface area contributed by atoms with Crippen molar-refractivity contribution in [1.82, 2.24) is 4.90 Å². The van der Waals surface area contributed by atoms with Gasteiger partial charge >= 0.3 is 0 Å². The Morgan fingerprint density at radius 1 is 1.47 bits per heavy atom. The van der Waals surface area contributed by atoms with Crippen molar-refractivity contribution in [2.45, 2.75) is 19.4 Å². The van der Waals surface area contributed by atoms with Gasteiger partial charge in [0.25, 0.3) is 5.91 Å². The molecule has 94 valence electrons. The van der Waals surface area contributed by atoms with E-state index in [4.69, 9.17) is 23.2 Å². The van der Waals surface area contributed by atoms with Crippen LogP contribution < -0.4 is 0 Å². The molecule has 0 N–H and O–H groups in total. The average Bonchev–Trinajstić information content (AvgIpc) is 2.30. The summed E-state index contributed by atoms with van der Waals surface area (Å²) in [6, 6.07) is 5.28. The zero-order valence-corrected chi connectivity index (χ0v) is 13.0. The highest BCUT2D eigenvalue weighted by molar-refractivity contribution is 9.10. The fourth-order valence-electron chi connectivity index (χ4n) is 1.21. The van der Waals surface area contributed by atoms with Crippen LogP contribution in [0.25, 0.3) is 0 Å². The molecule has 0 aliphatic carbocycles. The highest BCUT2D eigenvalue weighted by Gasteiger charge is 2.28. The smallest absolute Gasteiger partial charge is 0.255 e. The van der Waals surface area contributed by atoms with Gasteiger partial charge in [-0.1, -0.05) is 17.7 Å². The molecule has 0 saturated heterocycles. The van der Waals surface area contributed by atoms with E-state index in [1.54, 1.807) is 30.1 Å². The predicted molar refractivity (Wildman–Crippen MR) is 76.0 cm³/mol. The Labute approximate surface area is 120 Å². The predicted octanol–water partition coefficient (Wildman–Crippen LogP) is 4.19. The van der Waals surface area contributed by atoms with Crippen LogP contribution in [0.3, 0.4) is 0 Å². The van der Waals surface area contributed by atoms with Gasteiger partial charge in [0.15, 0.2) is 0 Å². The summed E-state index contributed by atoms with van der Waals surface area (Å²) in [6.07, 6.45) is 0. The van der Waals surface area contributed by atoms with Gasteiger partial charge in [-0.25, -0.2) is 0 Å². The first-order chi connectivity index (χ1) is 7.81. The van der Waals surface area contributed by atoms with E-state index in [-0.39, 0.29) is 5.91 Å². The lowest BCUT2D eigenvalue weighted by molar-refractivity contribution is 0.0660. The molecule has 17 heavy (non-hydrogen) atoms. The molecule has 0 heterocycles. The van der Waals surface area contributed by atoms with E-state index >= 15 is 0 Å². The minimum Gasteiger partial charge on any atom is -0.335 e. The van der Waals surface area contributed by atoms with Gasteiger partial charge in [0, 0.05) is 17.4 Å². The largest absolute Gasteiger partial charge is 0.335 e. The number of halogens is 3. The summed E-state index contributed by atoms with van der Waals surface area (Å²) in [7, 11) is 1.72. The molecule has 0 fully saturated rings. The Kier molecular flexibility index (Phi) is 4.87. The number of carbonyl (C=O) groups is 1. The quantitative estimate of drug-likeness (QED) is 0.756. The highest BCUT2D eigenvalue weighted by Crippen LogP contribution is 2.28. The molecule has 0 bridgehead atoms. The Bertz CT molecular complexity index is 435. The van der Waals surface area contributed by atoms with Crippen molar-refractivity contribution in [2.24, 2.45) is 0 Å². The van der Waals surface area contributed by atoms with Crippen LogP contribution in [0.5, 0.6) is 0 Å². The van der Waals surface area contributed by atoms with Crippen LogP contribution in [-0.4, -0.2) is 29.3 Å². The van der Waals surface area contributed by atoms with Gasteiger partial charge in [0.1, 0.15) is 0 Å². The summed E-state index contributed by atoms with van der Waals surface area (Å²) in [5, 5.41) is 0.426. The van der Waals surface area contributed by atoms with E-state index in [0.29, 0.717) is 20.9 Å². The van der Waals surface area contributed by atoms with Crippen LogP contribution >= 0.6 is 39.1 Å². The summed E-state index contributed by atoms with van der Waals surface area (Å²) in [5.41, 5.74) is 0.0614. The van der Waals surface area contributed by atoms with E-state index < -0.39 is 5.54 Å². The van der Waals surface area contributed by atoms with Gasteiger partial charge in [-0.3, -0.25) is 4.79 Å². The van der Waals surface area contributed by atoms with Gasteiger partial charge in [-0.05, 0) is 41.9 Å². The normalized spacial score (nSPS) is 11.4. The fourth-order valence-corrected chi connectivity index (χ4v) is 1.97. The maximum absolute atomic E-state index is 12.3. The van der Waals surface area contributed by atoms with Crippen LogP contribution in [0, 0.1) is 0 Å². The van der Waals surface area contributed by atoms with E-state index in [0.717, 1.165) is 0 Å². The van der Waals surface area contributed by atoms with Crippen LogP contribution in [0.15, 0.2) is 22.7 Å². The van der Waals surface area contributed by atoms with Gasteiger partial charge in [-0.2, -0.15) is 0 Å². The third-order valence-corrected chi connectivity index (χ3v) is 4.67. The number of nitrogens with zero attached hydrogens (tertiary/aromatic N) is 1. The number of benzene rings is 1. The van der Waals surface area contributed by atoms with Crippen molar-refractivity contribution in [2.75, 3.05) is 12.9 Å². The Balaban J connectivity index is 3.09. The van der Waals surface area contributed by atoms with Gasteiger partial charge in [-0.15, -0.1) is 11.6 Å². The van der Waals surface area contributed by atoms with Crippen molar-refractivity contribution >= 4 is 45.0 Å². The first-order valence-electron chi connectivity index (χ1n) is 5.09. The number of hydrogen-bond acceptors (Lipinski definition) is 1. The molecule has 1 aromatic carbocycles. The molecule has 0 radical (unpaired) electrons. The molecule has 1 amide bonds. The third-order valence-electron chi connectivity index (χ3n) is 2.72. The summed E-state index contributed by atoms with van der Waals surface area (Å²) >= 11 is 15.3. The molecule has 0 aliphatic rings. The van der Waals surface area contributed by atoms with Gasteiger partial charge in [0.05, 0.1) is 16.1 Å². The summed E-state index contributed by atoms with van der Waals surface area (Å²) in [4.78, 5) is 13.9. The molecular formula is C12H14BrCl2NO. The van der Waals surface area contributed by atoms with Crippen LogP contribution in [-0.2, 0) is 0 Å². The maximum Gasteiger partial charge on any atom is 0.255 e. The minimum atomic E-state index is -0.412. The first-order valence-corrected chi connectivity index (χ1v) is 6.80. The van der Waals surface area contributed by atoms with E-state index in [9.17, 15) is 4.79 Å². The van der Waals surface area contributed by atoms with Crippen molar-refractivity contribution in [1.29, 1.82) is 0 Å². The number of hydrogen-bond donors (Lipinski definition) is 0. The molecule has 1 rings (SSSR count). The molecule has 0 spiro atoms. The Morgan fingerprint density at radius 2 is 2.06 bits per heavy atom. The highest BCUT2D eigenvalue weighted by atomic mass is 79.9. The van der Waals surface area contributed by atoms with Gasteiger partial charge < -0.3 is 4.90 Å². The first kappa shape index (κ1) is 14.8. The topological polar surface area (TPSA) is 20.3 Å². The molecule has 0 unspecified atom stereocenters. The fraction of sp³-hybridized carbons (Fsp3) is 0.417. The number of carbonyl (C=O) groups excluding carboxylic acids is 1. The minimum absolute atomic E-state index is 0.137. The summed E-state index contributed by atoms with van der Waals surface area (Å²) in [5.74, 6) is 0.225. The Hall–Kier alpha value is -0.250. The second-order valence-electron chi connectivity index (χ2n) is 4.41. The zero-order valence-electron chi connectivity index (χ0n) is 9.93. The standard InChI is InChI=1S/C12H14BrCl2NO/c1-12(2,7-14)16(3)11(17)8-5-4-6-9(13)10(8)15/h4-6H,7H2,1-3H3. The SMILES string of the molecule is CN(C(=O)c1cccc(Br)c1Cl)C(C)(C)CCl. The number of alkyl halides is 1. The molecule has 1 aromatic rings. The molecule has 0 atom stereocenters. The van der Waals surface area contributed by atoms with Crippen molar-refractivity contribution in [3.63, 3.8) is 0 Å². The zero-order chi connectivity index (χ0) is 13.2. The number of amides is 1.